The van der Waals surface area contributed by atoms with Crippen LogP contribution in [0.2, 0.25) is 0 Å². The lowest BCUT2D eigenvalue weighted by Crippen LogP contribution is -2.74. The molecule has 0 saturated carbocycles. The number of hydrogen-bond donors (Lipinski definition) is 1. The van der Waals surface area contributed by atoms with Crippen molar-refractivity contribution in [2.45, 2.75) is 36.0 Å². The SMILES string of the molecule is COc1ccc2c3c1O[C@H]1C(=O)C=CC4(O)[C@@H](C2)N(C)CC[C@]314. The van der Waals surface area contributed by atoms with Crippen molar-refractivity contribution < 1.29 is 19.4 Å². The Morgan fingerprint density at radius 2 is 2.26 bits per heavy atom. The van der Waals surface area contributed by atoms with Gasteiger partial charge in [-0.25, -0.2) is 0 Å². The maximum absolute atomic E-state index is 12.6. The fourth-order valence-corrected chi connectivity index (χ4v) is 5.28. The average molecular weight is 313 g/mol. The van der Waals surface area contributed by atoms with Gasteiger partial charge in [-0.2, -0.15) is 0 Å². The van der Waals surface area contributed by atoms with E-state index in [4.69, 9.17) is 9.47 Å². The van der Waals surface area contributed by atoms with E-state index in [1.54, 1.807) is 13.2 Å². The molecule has 1 unspecified atom stereocenters. The van der Waals surface area contributed by atoms with Crippen LogP contribution in [0.5, 0.6) is 11.5 Å². The normalized spacial score (nSPS) is 39.9. The number of carbonyl (C=O) groups excluding carboxylic acids is 1. The first-order chi connectivity index (χ1) is 11.0. The minimum Gasteiger partial charge on any atom is -0.493 e. The molecule has 4 aliphatic rings. The predicted molar refractivity (Wildman–Crippen MR) is 82.9 cm³/mol. The summed E-state index contributed by atoms with van der Waals surface area (Å²) in [6, 6.07) is 3.92. The molecule has 1 N–H and O–H groups in total. The van der Waals surface area contributed by atoms with Crippen LogP contribution in [0, 0.1) is 0 Å². The van der Waals surface area contributed by atoms with Crippen LogP contribution in [-0.4, -0.2) is 54.2 Å². The Kier molecular flexibility index (Phi) is 2.34. The van der Waals surface area contributed by atoms with Crippen LogP contribution in [0.4, 0.5) is 0 Å². The topological polar surface area (TPSA) is 59.0 Å². The highest BCUT2D eigenvalue weighted by Gasteiger charge is 2.71. The zero-order valence-corrected chi connectivity index (χ0v) is 13.2. The molecular weight excluding hydrogens is 294 g/mol. The Morgan fingerprint density at radius 3 is 3.04 bits per heavy atom. The molecule has 1 saturated heterocycles. The standard InChI is InChI=1S/C18H19NO4/c1-19-8-7-17-14-10-3-4-12(22-2)15(14)23-16(17)11(20)5-6-18(17,21)13(19)9-10/h3-6,13,16,21H,7-9H2,1-2H3/t13-,16+,17+,18?/m1/s1. The molecule has 23 heavy (non-hydrogen) atoms. The number of benzene rings is 1. The third kappa shape index (κ3) is 1.28. The number of aliphatic hydroxyl groups is 1. The molecule has 1 fully saturated rings. The lowest BCUT2D eigenvalue weighted by atomic mass is 9.51. The molecule has 1 aromatic rings. The van der Waals surface area contributed by atoms with Crippen molar-refractivity contribution >= 4 is 5.78 Å². The molecule has 2 heterocycles. The van der Waals surface area contributed by atoms with Crippen LogP contribution in [0.15, 0.2) is 24.3 Å². The highest BCUT2D eigenvalue weighted by Crippen LogP contribution is 2.63. The average Bonchev–Trinajstić information content (AvgIpc) is 2.90. The summed E-state index contributed by atoms with van der Waals surface area (Å²) in [6.45, 7) is 0.837. The molecule has 1 spiro atoms. The summed E-state index contributed by atoms with van der Waals surface area (Å²) in [5.41, 5.74) is 0.385. The highest BCUT2D eigenvalue weighted by molar-refractivity contribution is 5.99. The second kappa shape index (κ2) is 3.97. The second-order valence-electron chi connectivity index (χ2n) is 7.11. The lowest BCUT2D eigenvalue weighted by Gasteiger charge is -2.60. The van der Waals surface area contributed by atoms with Crippen molar-refractivity contribution in [2.75, 3.05) is 20.7 Å². The Balaban J connectivity index is 1.89. The van der Waals surface area contributed by atoms with Crippen molar-refractivity contribution in [3.8, 4) is 11.5 Å². The maximum Gasteiger partial charge on any atom is 0.196 e. The molecule has 0 radical (unpaired) electrons. The van der Waals surface area contributed by atoms with E-state index in [0.717, 1.165) is 24.1 Å². The Morgan fingerprint density at radius 1 is 1.43 bits per heavy atom. The molecule has 1 aromatic carbocycles. The molecule has 5 nitrogen and oxygen atoms in total. The number of hydrogen-bond acceptors (Lipinski definition) is 5. The summed E-state index contributed by atoms with van der Waals surface area (Å²) in [5.74, 6) is 1.22. The molecule has 5 rings (SSSR count). The third-order valence-corrected chi connectivity index (χ3v) is 6.34. The van der Waals surface area contributed by atoms with Gasteiger partial charge in [0, 0.05) is 11.6 Å². The first-order valence-electron chi connectivity index (χ1n) is 8.05. The van der Waals surface area contributed by atoms with E-state index in [9.17, 15) is 9.90 Å². The molecule has 0 amide bonds. The Labute approximate surface area is 134 Å². The molecule has 5 heteroatoms. The van der Waals surface area contributed by atoms with Gasteiger partial charge in [0.2, 0.25) is 0 Å². The molecular formula is C18H19NO4. The van der Waals surface area contributed by atoms with Crippen molar-refractivity contribution in [1.29, 1.82) is 0 Å². The van der Waals surface area contributed by atoms with Crippen LogP contribution >= 0.6 is 0 Å². The van der Waals surface area contributed by atoms with Crippen LogP contribution in [-0.2, 0) is 16.6 Å². The molecule has 2 aliphatic carbocycles. The van der Waals surface area contributed by atoms with E-state index in [1.165, 1.54) is 6.08 Å². The number of nitrogens with zero attached hydrogens (tertiary/aromatic N) is 1. The summed E-state index contributed by atoms with van der Waals surface area (Å²) in [6.07, 6.45) is 4.00. The minimum absolute atomic E-state index is 0.0430. The summed E-state index contributed by atoms with van der Waals surface area (Å²) in [4.78, 5) is 14.8. The van der Waals surface area contributed by atoms with E-state index >= 15 is 0 Å². The molecule has 4 atom stereocenters. The molecule has 0 aromatic heterocycles. The largest absolute Gasteiger partial charge is 0.493 e. The van der Waals surface area contributed by atoms with Crippen LogP contribution in [0.1, 0.15) is 17.5 Å². The van der Waals surface area contributed by atoms with Gasteiger partial charge in [0.25, 0.3) is 0 Å². The van der Waals surface area contributed by atoms with Gasteiger partial charge in [-0.05, 0) is 50.2 Å². The smallest absolute Gasteiger partial charge is 0.196 e. The summed E-state index contributed by atoms with van der Waals surface area (Å²) in [7, 11) is 3.65. The van der Waals surface area contributed by atoms with Gasteiger partial charge < -0.3 is 14.6 Å². The first kappa shape index (κ1) is 13.6. The van der Waals surface area contributed by atoms with Crippen molar-refractivity contribution in [2.24, 2.45) is 0 Å². The quantitative estimate of drug-likeness (QED) is 0.832. The van der Waals surface area contributed by atoms with Crippen LogP contribution < -0.4 is 9.47 Å². The number of ketones is 1. The Bertz CT molecular complexity index is 773. The summed E-state index contributed by atoms with van der Waals surface area (Å²) < 4.78 is 11.6. The van der Waals surface area contributed by atoms with Gasteiger partial charge in [-0.3, -0.25) is 9.69 Å². The number of likely N-dealkylation sites (tertiary alicyclic amines) is 1. The minimum atomic E-state index is -1.08. The number of piperidine rings is 1. The van der Waals surface area contributed by atoms with Gasteiger partial charge in [0.05, 0.1) is 12.5 Å². The van der Waals surface area contributed by atoms with Gasteiger partial charge in [-0.15, -0.1) is 0 Å². The van der Waals surface area contributed by atoms with Crippen molar-refractivity contribution in [3.05, 3.63) is 35.4 Å². The van der Waals surface area contributed by atoms with Gasteiger partial charge in [0.15, 0.2) is 23.4 Å². The molecule has 2 bridgehead atoms. The Hall–Kier alpha value is -1.85. The molecule has 2 aliphatic heterocycles. The third-order valence-electron chi connectivity index (χ3n) is 6.34. The summed E-state index contributed by atoms with van der Waals surface area (Å²) >= 11 is 0. The van der Waals surface area contributed by atoms with Gasteiger partial charge in [0.1, 0.15) is 5.60 Å². The van der Waals surface area contributed by atoms with Crippen molar-refractivity contribution in [3.63, 3.8) is 0 Å². The van der Waals surface area contributed by atoms with E-state index in [2.05, 4.69) is 11.0 Å². The number of rotatable bonds is 1. The van der Waals surface area contributed by atoms with E-state index in [-0.39, 0.29) is 11.8 Å². The highest BCUT2D eigenvalue weighted by atomic mass is 16.5. The molecule has 120 valence electrons. The van der Waals surface area contributed by atoms with Crippen LogP contribution in [0.3, 0.4) is 0 Å². The fraction of sp³-hybridized carbons (Fsp3) is 0.500. The number of ether oxygens (including phenoxy) is 2. The number of likely N-dealkylation sites (N-methyl/N-ethyl adjacent to an activating group) is 1. The maximum atomic E-state index is 12.6. The van der Waals surface area contributed by atoms with E-state index in [0.29, 0.717) is 17.9 Å². The van der Waals surface area contributed by atoms with Crippen molar-refractivity contribution in [1.82, 2.24) is 4.90 Å². The van der Waals surface area contributed by atoms with E-state index in [1.807, 2.05) is 13.1 Å². The zero-order chi connectivity index (χ0) is 16.0. The predicted octanol–water partition coefficient (Wildman–Crippen LogP) is 0.824. The van der Waals surface area contributed by atoms with Gasteiger partial charge >= 0.3 is 0 Å². The fourth-order valence-electron chi connectivity index (χ4n) is 5.28. The van der Waals surface area contributed by atoms with Crippen LogP contribution in [0.25, 0.3) is 0 Å². The monoisotopic (exact) mass is 313 g/mol. The zero-order valence-electron chi connectivity index (χ0n) is 13.2. The lowest BCUT2D eigenvalue weighted by molar-refractivity contribution is -0.151. The summed E-state index contributed by atoms with van der Waals surface area (Å²) in [5, 5.41) is 11.7. The first-order valence-corrected chi connectivity index (χ1v) is 8.05. The van der Waals surface area contributed by atoms with Gasteiger partial charge in [-0.1, -0.05) is 6.07 Å². The number of methoxy groups -OCH3 is 1. The number of carbonyl (C=O) groups is 1. The second-order valence-corrected chi connectivity index (χ2v) is 7.11. The van der Waals surface area contributed by atoms with E-state index < -0.39 is 17.1 Å².